The molecule has 1 saturated carbocycles. The van der Waals surface area contributed by atoms with E-state index in [0.29, 0.717) is 6.04 Å². The van der Waals surface area contributed by atoms with Gasteiger partial charge in [-0.15, -0.1) is 0 Å². The molecule has 0 radical (unpaired) electrons. The molecule has 0 aromatic heterocycles. The van der Waals surface area contributed by atoms with Crippen molar-refractivity contribution in [2.75, 3.05) is 6.54 Å². The summed E-state index contributed by atoms with van der Waals surface area (Å²) in [5.74, 6) is 0.981. The minimum absolute atomic E-state index is 0.391. The van der Waals surface area contributed by atoms with Crippen LogP contribution in [0.1, 0.15) is 42.9 Å². The van der Waals surface area contributed by atoms with Gasteiger partial charge in [-0.05, 0) is 41.1 Å². The first kappa shape index (κ1) is 12.2. The fraction of sp³-hybridized carbons (Fsp3) is 0.368. The quantitative estimate of drug-likeness (QED) is 0.854. The highest BCUT2D eigenvalue weighted by Gasteiger charge is 2.27. The van der Waals surface area contributed by atoms with Crippen LogP contribution in [0.25, 0.3) is 11.1 Å². The topological polar surface area (TPSA) is 12.0 Å². The molecule has 0 amide bonds. The summed E-state index contributed by atoms with van der Waals surface area (Å²) in [5.41, 5.74) is 5.71. The smallest absolute Gasteiger partial charge is 0.0588 e. The van der Waals surface area contributed by atoms with Gasteiger partial charge in [0.05, 0.1) is 6.04 Å². The Morgan fingerprint density at radius 3 is 2.00 bits per heavy atom. The molecule has 0 spiro atoms. The number of benzene rings is 2. The summed E-state index contributed by atoms with van der Waals surface area (Å²) in [5, 5.41) is 3.79. The first-order valence-corrected chi connectivity index (χ1v) is 7.85. The van der Waals surface area contributed by atoms with E-state index in [-0.39, 0.29) is 0 Å². The number of fused-ring (bicyclic) bond motifs is 3. The van der Waals surface area contributed by atoms with Gasteiger partial charge in [-0.3, -0.25) is 0 Å². The number of hydrogen-bond acceptors (Lipinski definition) is 1. The molecule has 0 aliphatic heterocycles. The fourth-order valence-electron chi connectivity index (χ4n) is 3.59. The molecule has 1 fully saturated rings. The Kier molecular flexibility index (Phi) is 3.08. The lowest BCUT2D eigenvalue weighted by atomic mass is 9.83. The van der Waals surface area contributed by atoms with E-state index in [2.05, 4.69) is 53.8 Å². The third kappa shape index (κ3) is 1.97. The van der Waals surface area contributed by atoms with Gasteiger partial charge in [0.25, 0.3) is 0 Å². The molecule has 102 valence electrons. The molecule has 20 heavy (non-hydrogen) atoms. The second-order valence-electron chi connectivity index (χ2n) is 6.15. The maximum absolute atomic E-state index is 3.79. The van der Waals surface area contributed by atoms with Gasteiger partial charge in [-0.2, -0.15) is 0 Å². The zero-order chi connectivity index (χ0) is 13.4. The van der Waals surface area contributed by atoms with Crippen LogP contribution in [0.3, 0.4) is 0 Å². The Morgan fingerprint density at radius 2 is 1.45 bits per heavy atom. The molecule has 0 atom stereocenters. The van der Waals surface area contributed by atoms with Crippen LogP contribution in [-0.2, 0) is 0 Å². The van der Waals surface area contributed by atoms with E-state index in [9.17, 15) is 0 Å². The molecule has 4 rings (SSSR count). The van der Waals surface area contributed by atoms with Gasteiger partial charge >= 0.3 is 0 Å². The normalized spacial score (nSPS) is 17.6. The summed E-state index contributed by atoms with van der Waals surface area (Å²) >= 11 is 0. The maximum atomic E-state index is 3.79. The first-order valence-electron chi connectivity index (χ1n) is 7.85. The Labute approximate surface area is 121 Å². The maximum Gasteiger partial charge on any atom is 0.0588 e. The van der Waals surface area contributed by atoms with Gasteiger partial charge < -0.3 is 5.32 Å². The van der Waals surface area contributed by atoms with Gasteiger partial charge in [-0.25, -0.2) is 0 Å². The van der Waals surface area contributed by atoms with E-state index in [1.807, 2.05) is 0 Å². The van der Waals surface area contributed by atoms with Crippen LogP contribution in [0.2, 0.25) is 0 Å². The molecular formula is C19H21N. The molecular weight excluding hydrogens is 242 g/mol. The summed E-state index contributed by atoms with van der Waals surface area (Å²) in [6.45, 7) is 1.14. The molecule has 1 heteroatoms. The fourth-order valence-corrected chi connectivity index (χ4v) is 3.59. The average Bonchev–Trinajstić information content (AvgIpc) is 2.76. The van der Waals surface area contributed by atoms with Crippen molar-refractivity contribution < 1.29 is 0 Å². The molecule has 2 aromatic carbocycles. The van der Waals surface area contributed by atoms with Crippen molar-refractivity contribution in [1.29, 1.82) is 0 Å². The van der Waals surface area contributed by atoms with Crippen molar-refractivity contribution in [3.63, 3.8) is 0 Å². The van der Waals surface area contributed by atoms with Gasteiger partial charge in [0, 0.05) is 0 Å². The lowest BCUT2D eigenvalue weighted by molar-refractivity contribution is 0.290. The zero-order valence-electron chi connectivity index (χ0n) is 11.8. The molecule has 0 saturated heterocycles. The molecule has 0 heterocycles. The third-order valence-electron chi connectivity index (χ3n) is 4.96. The van der Waals surface area contributed by atoms with E-state index in [1.165, 1.54) is 47.9 Å². The Bertz CT molecular complexity index is 567. The van der Waals surface area contributed by atoms with Crippen LogP contribution in [0.15, 0.2) is 48.5 Å². The van der Waals surface area contributed by atoms with Crippen LogP contribution in [0.5, 0.6) is 0 Å². The predicted molar refractivity (Wildman–Crippen MR) is 83.7 cm³/mol. The molecule has 2 aliphatic rings. The van der Waals surface area contributed by atoms with Crippen molar-refractivity contribution in [3.05, 3.63) is 59.7 Å². The number of rotatable bonds is 4. The van der Waals surface area contributed by atoms with E-state index in [4.69, 9.17) is 0 Å². The lowest BCUT2D eigenvalue weighted by Crippen LogP contribution is -2.25. The Morgan fingerprint density at radius 1 is 0.850 bits per heavy atom. The summed E-state index contributed by atoms with van der Waals surface area (Å²) in [6, 6.07) is 18.0. The van der Waals surface area contributed by atoms with E-state index in [0.717, 1.165) is 12.5 Å². The van der Waals surface area contributed by atoms with Crippen LogP contribution in [0, 0.1) is 5.92 Å². The zero-order valence-corrected chi connectivity index (χ0v) is 11.8. The van der Waals surface area contributed by atoms with Gasteiger partial charge in [0.1, 0.15) is 0 Å². The van der Waals surface area contributed by atoms with Crippen molar-refractivity contribution in [3.8, 4) is 11.1 Å². The van der Waals surface area contributed by atoms with Crippen LogP contribution in [0.4, 0.5) is 0 Å². The summed E-state index contributed by atoms with van der Waals surface area (Å²) in [4.78, 5) is 0. The Balaban J connectivity index is 1.58. The highest BCUT2D eigenvalue weighted by Crippen LogP contribution is 2.43. The second kappa shape index (κ2) is 5.06. The number of nitrogens with one attached hydrogen (secondary N) is 1. The highest BCUT2D eigenvalue weighted by atomic mass is 14.9. The van der Waals surface area contributed by atoms with Crippen molar-refractivity contribution in [2.45, 2.75) is 31.7 Å². The molecule has 2 aromatic rings. The molecule has 2 aliphatic carbocycles. The second-order valence-corrected chi connectivity index (χ2v) is 6.15. The molecule has 1 nitrogen and oxygen atoms in total. The van der Waals surface area contributed by atoms with Crippen molar-refractivity contribution >= 4 is 0 Å². The molecule has 0 unspecified atom stereocenters. The van der Waals surface area contributed by atoms with E-state index < -0.39 is 0 Å². The molecule has 1 N–H and O–H groups in total. The Hall–Kier alpha value is -1.60. The van der Waals surface area contributed by atoms with Gasteiger partial charge in [-0.1, -0.05) is 67.8 Å². The van der Waals surface area contributed by atoms with Crippen molar-refractivity contribution in [1.82, 2.24) is 5.32 Å². The third-order valence-corrected chi connectivity index (χ3v) is 4.96. The monoisotopic (exact) mass is 263 g/mol. The standard InChI is InChI=1S/C19H21N/c1-3-10-17-15(8-1)16-9-2-4-11-18(16)19(17)20-13-12-14-6-5-7-14/h1-4,8-11,14,19-20H,5-7,12-13H2. The number of hydrogen-bond donors (Lipinski definition) is 1. The minimum Gasteiger partial charge on any atom is -0.306 e. The largest absolute Gasteiger partial charge is 0.306 e. The lowest BCUT2D eigenvalue weighted by Gasteiger charge is -2.26. The van der Waals surface area contributed by atoms with Crippen molar-refractivity contribution in [2.24, 2.45) is 5.92 Å². The summed E-state index contributed by atoms with van der Waals surface area (Å²) in [6.07, 6.45) is 5.67. The van der Waals surface area contributed by atoms with Crippen LogP contribution < -0.4 is 5.32 Å². The average molecular weight is 263 g/mol. The van der Waals surface area contributed by atoms with Gasteiger partial charge in [0.15, 0.2) is 0 Å². The predicted octanol–water partition coefficient (Wildman–Crippen LogP) is 4.54. The van der Waals surface area contributed by atoms with Crippen LogP contribution in [-0.4, -0.2) is 6.54 Å². The minimum atomic E-state index is 0.391. The van der Waals surface area contributed by atoms with E-state index >= 15 is 0 Å². The SMILES string of the molecule is c1ccc2c(c1)-c1ccccc1C2NCCC1CCC1. The molecule has 0 bridgehead atoms. The van der Waals surface area contributed by atoms with Gasteiger partial charge in [0.2, 0.25) is 0 Å². The summed E-state index contributed by atoms with van der Waals surface area (Å²) in [7, 11) is 0. The first-order chi connectivity index (χ1) is 9.93. The van der Waals surface area contributed by atoms with E-state index in [1.54, 1.807) is 0 Å². The highest BCUT2D eigenvalue weighted by molar-refractivity contribution is 5.78. The summed E-state index contributed by atoms with van der Waals surface area (Å²) < 4.78 is 0. The van der Waals surface area contributed by atoms with Crippen LogP contribution >= 0.6 is 0 Å².